The monoisotopic (exact) mass is 243 g/mol. The van der Waals surface area contributed by atoms with E-state index in [0.717, 1.165) is 26.1 Å². The summed E-state index contributed by atoms with van der Waals surface area (Å²) in [4.78, 5) is 13.9. The van der Waals surface area contributed by atoms with Crippen LogP contribution in [0.2, 0.25) is 0 Å². The van der Waals surface area contributed by atoms with E-state index in [-0.39, 0.29) is 18.1 Å². The highest BCUT2D eigenvalue weighted by atomic mass is 16.5. The average molecular weight is 243 g/mol. The molecule has 1 rings (SSSR count). The predicted molar refractivity (Wildman–Crippen MR) is 67.7 cm³/mol. The number of nitrogens with one attached hydrogen (secondary N) is 1. The topological polar surface area (TPSA) is 67.6 Å². The smallest absolute Gasteiger partial charge is 0.221 e. The maximum absolute atomic E-state index is 11.6. The Labute approximate surface area is 104 Å². The summed E-state index contributed by atoms with van der Waals surface area (Å²) in [5.41, 5.74) is 5.77. The molecule has 0 radical (unpaired) electrons. The maximum atomic E-state index is 11.6. The minimum Gasteiger partial charge on any atom is -0.376 e. The lowest BCUT2D eigenvalue weighted by atomic mass is 10.1. The number of nitrogens with zero attached hydrogens (tertiary/aromatic N) is 1. The van der Waals surface area contributed by atoms with E-state index in [1.807, 2.05) is 6.92 Å². The van der Waals surface area contributed by atoms with Crippen LogP contribution in [-0.2, 0) is 9.53 Å². The number of carbonyl (C=O) groups excluding carboxylic acids is 1. The van der Waals surface area contributed by atoms with Crippen LogP contribution in [0.25, 0.3) is 0 Å². The molecular weight excluding hydrogens is 218 g/mol. The number of morpholine rings is 1. The van der Waals surface area contributed by atoms with E-state index in [2.05, 4.69) is 17.1 Å². The zero-order valence-electron chi connectivity index (χ0n) is 10.9. The van der Waals surface area contributed by atoms with Crippen molar-refractivity contribution in [2.24, 2.45) is 5.73 Å². The van der Waals surface area contributed by atoms with Crippen molar-refractivity contribution >= 4 is 5.91 Å². The van der Waals surface area contributed by atoms with Crippen LogP contribution in [0, 0.1) is 0 Å². The minimum atomic E-state index is 0.0856. The highest BCUT2D eigenvalue weighted by molar-refractivity contribution is 5.76. The van der Waals surface area contributed by atoms with Gasteiger partial charge in [-0.2, -0.15) is 0 Å². The normalized spacial score (nSPS) is 23.4. The minimum absolute atomic E-state index is 0.0856. The Morgan fingerprint density at radius 1 is 1.59 bits per heavy atom. The Morgan fingerprint density at radius 3 is 2.94 bits per heavy atom. The number of hydrogen-bond donors (Lipinski definition) is 2. The second kappa shape index (κ2) is 7.63. The average Bonchev–Trinajstić information content (AvgIpc) is 2.36. The van der Waals surface area contributed by atoms with Crippen molar-refractivity contribution in [3.8, 4) is 0 Å². The molecule has 0 aromatic carbocycles. The Balaban J connectivity index is 2.45. The fourth-order valence-corrected chi connectivity index (χ4v) is 2.17. The van der Waals surface area contributed by atoms with Crippen LogP contribution in [0.5, 0.6) is 0 Å². The van der Waals surface area contributed by atoms with Crippen LogP contribution >= 0.6 is 0 Å². The molecule has 3 N–H and O–H groups in total. The fourth-order valence-electron chi connectivity index (χ4n) is 2.17. The van der Waals surface area contributed by atoms with Gasteiger partial charge in [0.05, 0.1) is 12.7 Å². The molecule has 1 saturated heterocycles. The van der Waals surface area contributed by atoms with Crippen molar-refractivity contribution in [1.29, 1.82) is 0 Å². The van der Waals surface area contributed by atoms with Gasteiger partial charge in [0, 0.05) is 38.6 Å². The van der Waals surface area contributed by atoms with Crippen LogP contribution in [0.3, 0.4) is 0 Å². The maximum Gasteiger partial charge on any atom is 0.221 e. The summed E-state index contributed by atoms with van der Waals surface area (Å²) in [7, 11) is 0. The van der Waals surface area contributed by atoms with Crippen LogP contribution in [0.4, 0.5) is 0 Å². The molecule has 5 heteroatoms. The standard InChI is InChI=1S/C12H25N3O2/c1-3-11-9-15(5-6-17-11)10(8-13)7-12(16)14-4-2/h10-11H,3-9,13H2,1-2H3,(H,14,16). The van der Waals surface area contributed by atoms with Gasteiger partial charge in [-0.1, -0.05) is 6.92 Å². The van der Waals surface area contributed by atoms with E-state index in [0.29, 0.717) is 19.5 Å². The molecule has 0 aromatic heterocycles. The lowest BCUT2D eigenvalue weighted by molar-refractivity contribution is -0.123. The van der Waals surface area contributed by atoms with Crippen molar-refractivity contribution in [3.05, 3.63) is 0 Å². The van der Waals surface area contributed by atoms with E-state index in [9.17, 15) is 4.79 Å². The molecule has 0 aromatic rings. The van der Waals surface area contributed by atoms with Gasteiger partial charge in [0.2, 0.25) is 5.91 Å². The first kappa shape index (κ1) is 14.4. The highest BCUT2D eigenvalue weighted by Crippen LogP contribution is 2.13. The zero-order chi connectivity index (χ0) is 12.7. The molecular formula is C12H25N3O2. The molecule has 1 amide bonds. The molecule has 1 fully saturated rings. The molecule has 0 spiro atoms. The van der Waals surface area contributed by atoms with E-state index >= 15 is 0 Å². The van der Waals surface area contributed by atoms with Crippen molar-refractivity contribution < 1.29 is 9.53 Å². The van der Waals surface area contributed by atoms with Crippen LogP contribution in [0.15, 0.2) is 0 Å². The first-order chi connectivity index (χ1) is 8.21. The summed E-state index contributed by atoms with van der Waals surface area (Å²) < 4.78 is 5.62. The molecule has 0 bridgehead atoms. The number of nitrogens with two attached hydrogens (primary N) is 1. The van der Waals surface area contributed by atoms with Crippen molar-refractivity contribution in [3.63, 3.8) is 0 Å². The van der Waals surface area contributed by atoms with E-state index in [4.69, 9.17) is 10.5 Å². The molecule has 2 atom stereocenters. The second-order valence-electron chi connectivity index (χ2n) is 4.44. The predicted octanol–water partition coefficient (Wildman–Crippen LogP) is -0.0493. The lowest BCUT2D eigenvalue weighted by Gasteiger charge is -2.37. The van der Waals surface area contributed by atoms with Crippen molar-refractivity contribution in [2.75, 3.05) is 32.8 Å². The third kappa shape index (κ3) is 4.61. The molecule has 2 unspecified atom stereocenters. The van der Waals surface area contributed by atoms with Gasteiger partial charge in [-0.15, -0.1) is 0 Å². The van der Waals surface area contributed by atoms with Gasteiger partial charge in [0.15, 0.2) is 0 Å². The molecule has 5 nitrogen and oxygen atoms in total. The van der Waals surface area contributed by atoms with Gasteiger partial charge >= 0.3 is 0 Å². The summed E-state index contributed by atoms with van der Waals surface area (Å²) in [5, 5.41) is 2.82. The van der Waals surface area contributed by atoms with Gasteiger partial charge in [0.1, 0.15) is 0 Å². The van der Waals surface area contributed by atoms with Crippen LogP contribution in [0.1, 0.15) is 26.7 Å². The summed E-state index contributed by atoms with van der Waals surface area (Å²) in [6.07, 6.45) is 1.78. The van der Waals surface area contributed by atoms with Crippen LogP contribution in [-0.4, -0.2) is 55.7 Å². The highest BCUT2D eigenvalue weighted by Gasteiger charge is 2.26. The zero-order valence-corrected chi connectivity index (χ0v) is 10.9. The molecule has 100 valence electrons. The van der Waals surface area contributed by atoms with Gasteiger partial charge in [-0.05, 0) is 13.3 Å². The fraction of sp³-hybridized carbons (Fsp3) is 0.917. The quantitative estimate of drug-likeness (QED) is 0.686. The number of hydrogen-bond acceptors (Lipinski definition) is 4. The SMILES string of the molecule is CCNC(=O)CC(CN)N1CCOC(CC)C1. The molecule has 1 aliphatic heterocycles. The number of ether oxygens (including phenoxy) is 1. The lowest BCUT2D eigenvalue weighted by Crippen LogP contribution is -2.51. The molecule has 1 heterocycles. The second-order valence-corrected chi connectivity index (χ2v) is 4.44. The van der Waals surface area contributed by atoms with E-state index in [1.165, 1.54) is 0 Å². The first-order valence-corrected chi connectivity index (χ1v) is 6.53. The molecule has 1 aliphatic rings. The van der Waals surface area contributed by atoms with E-state index in [1.54, 1.807) is 0 Å². The van der Waals surface area contributed by atoms with Gasteiger partial charge in [-0.3, -0.25) is 9.69 Å². The third-order valence-electron chi connectivity index (χ3n) is 3.21. The summed E-state index contributed by atoms with van der Waals surface area (Å²) in [6.45, 7) is 7.75. The molecule has 0 aliphatic carbocycles. The Bertz CT molecular complexity index is 236. The Hall–Kier alpha value is -0.650. The molecule has 17 heavy (non-hydrogen) atoms. The first-order valence-electron chi connectivity index (χ1n) is 6.53. The Morgan fingerprint density at radius 2 is 2.35 bits per heavy atom. The van der Waals surface area contributed by atoms with E-state index < -0.39 is 0 Å². The number of rotatable bonds is 6. The van der Waals surface area contributed by atoms with Gasteiger partial charge in [0.25, 0.3) is 0 Å². The van der Waals surface area contributed by atoms with Crippen LogP contribution < -0.4 is 11.1 Å². The van der Waals surface area contributed by atoms with Gasteiger partial charge < -0.3 is 15.8 Å². The van der Waals surface area contributed by atoms with Gasteiger partial charge in [-0.25, -0.2) is 0 Å². The van der Waals surface area contributed by atoms with Crippen molar-refractivity contribution in [2.45, 2.75) is 38.8 Å². The Kier molecular flexibility index (Phi) is 6.47. The number of carbonyl (C=O) groups is 1. The molecule has 0 saturated carbocycles. The summed E-state index contributed by atoms with van der Waals surface area (Å²) >= 11 is 0. The largest absolute Gasteiger partial charge is 0.376 e. The summed E-state index contributed by atoms with van der Waals surface area (Å²) in [5.74, 6) is 0.0856. The summed E-state index contributed by atoms with van der Waals surface area (Å²) in [6, 6.07) is 0.138. The third-order valence-corrected chi connectivity index (χ3v) is 3.21. The van der Waals surface area contributed by atoms with Crippen molar-refractivity contribution in [1.82, 2.24) is 10.2 Å². The number of amides is 1.